The third-order valence-corrected chi connectivity index (χ3v) is 4.54. The molecule has 2 N–H and O–H groups in total. The lowest BCUT2D eigenvalue weighted by atomic mass is 10.2. The summed E-state index contributed by atoms with van der Waals surface area (Å²) < 4.78 is 0. The van der Waals surface area contributed by atoms with Crippen LogP contribution in [0.1, 0.15) is 22.5 Å². The van der Waals surface area contributed by atoms with Crippen molar-refractivity contribution in [2.45, 2.75) is 19.4 Å². The molecule has 25 heavy (non-hydrogen) atoms. The van der Waals surface area contributed by atoms with Crippen molar-refractivity contribution in [2.75, 3.05) is 28.2 Å². The number of pyridine rings is 2. The summed E-state index contributed by atoms with van der Waals surface area (Å²) in [6.45, 7) is 3.46. The van der Waals surface area contributed by atoms with Crippen LogP contribution in [0.4, 0.5) is 22.1 Å². The average molecular weight is 339 g/mol. The summed E-state index contributed by atoms with van der Waals surface area (Å²) in [5.41, 5.74) is 1.71. The zero-order valence-corrected chi connectivity index (χ0v) is 13.6. The summed E-state index contributed by atoms with van der Waals surface area (Å²) in [5.74, 6) is -0.276. The summed E-state index contributed by atoms with van der Waals surface area (Å²) in [4.78, 5) is 36.2. The second-order valence-electron chi connectivity index (χ2n) is 6.25. The second kappa shape index (κ2) is 5.73. The summed E-state index contributed by atoms with van der Waals surface area (Å²) in [6, 6.07) is 6.41. The molecule has 128 valence electrons. The van der Waals surface area contributed by atoms with E-state index in [0.717, 1.165) is 30.8 Å². The van der Waals surface area contributed by atoms with Crippen molar-refractivity contribution in [3.8, 4) is 0 Å². The lowest BCUT2D eigenvalue weighted by Crippen LogP contribution is -2.48. The van der Waals surface area contributed by atoms with Gasteiger partial charge in [0.05, 0.1) is 11.7 Å². The quantitative estimate of drug-likeness (QED) is 0.869. The van der Waals surface area contributed by atoms with Crippen LogP contribution in [0.15, 0.2) is 30.5 Å². The van der Waals surface area contributed by atoms with Gasteiger partial charge in [-0.2, -0.15) is 0 Å². The highest BCUT2D eigenvalue weighted by Gasteiger charge is 2.40. The number of carboxylic acid groups (broad SMARTS) is 1. The zero-order chi connectivity index (χ0) is 17.6. The SMILES string of the molecule is Cc1ccc(NC(=O)N2c3nc(C(=O)O)ccc3N3CCC2C3)nc1. The van der Waals surface area contributed by atoms with Gasteiger partial charge in [-0.1, -0.05) is 6.07 Å². The van der Waals surface area contributed by atoms with E-state index in [9.17, 15) is 14.7 Å². The number of hydrogen-bond donors (Lipinski definition) is 2. The van der Waals surface area contributed by atoms with Gasteiger partial charge in [0.25, 0.3) is 0 Å². The highest BCUT2D eigenvalue weighted by molar-refractivity contribution is 6.04. The smallest absolute Gasteiger partial charge is 0.354 e. The van der Waals surface area contributed by atoms with Crippen molar-refractivity contribution in [3.05, 3.63) is 41.7 Å². The Kier molecular flexibility index (Phi) is 3.52. The maximum atomic E-state index is 12.9. The van der Waals surface area contributed by atoms with E-state index in [1.165, 1.54) is 6.07 Å². The van der Waals surface area contributed by atoms with Crippen LogP contribution < -0.4 is 15.1 Å². The number of anilines is 3. The summed E-state index contributed by atoms with van der Waals surface area (Å²) in [7, 11) is 0. The van der Waals surface area contributed by atoms with Crippen LogP contribution >= 0.6 is 0 Å². The van der Waals surface area contributed by atoms with Gasteiger partial charge < -0.3 is 10.0 Å². The Morgan fingerprint density at radius 1 is 1.28 bits per heavy atom. The minimum Gasteiger partial charge on any atom is -0.477 e. The van der Waals surface area contributed by atoms with Crippen LogP contribution in [-0.4, -0.2) is 46.2 Å². The molecule has 2 amide bonds. The number of aryl methyl sites for hydroxylation is 1. The fourth-order valence-electron chi connectivity index (χ4n) is 3.30. The van der Waals surface area contributed by atoms with Gasteiger partial charge in [0, 0.05) is 19.3 Å². The number of amides is 2. The number of nitrogens with zero attached hydrogens (tertiary/aromatic N) is 4. The van der Waals surface area contributed by atoms with Gasteiger partial charge in [-0.15, -0.1) is 0 Å². The van der Waals surface area contributed by atoms with Crippen LogP contribution in [0.25, 0.3) is 0 Å². The number of nitrogens with one attached hydrogen (secondary N) is 1. The Morgan fingerprint density at radius 2 is 2.12 bits per heavy atom. The third-order valence-electron chi connectivity index (χ3n) is 4.54. The molecule has 1 atom stereocenters. The molecule has 4 rings (SSSR count). The third kappa shape index (κ3) is 2.65. The van der Waals surface area contributed by atoms with Gasteiger partial charge in [-0.05, 0) is 37.1 Å². The normalized spacial score (nSPS) is 18.0. The molecule has 1 unspecified atom stereocenters. The first kappa shape index (κ1) is 15.4. The minimum absolute atomic E-state index is 0.0329. The molecule has 2 aromatic heterocycles. The molecule has 0 spiro atoms. The Bertz CT molecular complexity index is 852. The van der Waals surface area contributed by atoms with E-state index in [-0.39, 0.29) is 17.8 Å². The van der Waals surface area contributed by atoms with Crippen LogP contribution in [-0.2, 0) is 0 Å². The fourth-order valence-corrected chi connectivity index (χ4v) is 3.30. The molecule has 8 nitrogen and oxygen atoms in total. The van der Waals surface area contributed by atoms with Gasteiger partial charge in [0.15, 0.2) is 11.5 Å². The molecule has 8 heteroatoms. The number of carbonyl (C=O) groups excluding carboxylic acids is 1. The van der Waals surface area contributed by atoms with Crippen LogP contribution in [0.2, 0.25) is 0 Å². The second-order valence-corrected chi connectivity index (χ2v) is 6.25. The fraction of sp³-hybridized carbons (Fsp3) is 0.294. The lowest BCUT2D eigenvalue weighted by Gasteiger charge is -2.35. The standard InChI is InChI=1S/C17H17N5O3/c1-10-2-5-14(18-8-10)20-17(25)22-11-6-7-21(9-11)13-4-3-12(16(23)24)19-15(13)22/h2-5,8,11H,6-7,9H2,1H3,(H,23,24)(H,18,20,25). The maximum absolute atomic E-state index is 12.9. The van der Waals surface area contributed by atoms with Gasteiger partial charge in [-0.3, -0.25) is 10.2 Å². The molecule has 2 aliphatic rings. The van der Waals surface area contributed by atoms with E-state index < -0.39 is 5.97 Å². The van der Waals surface area contributed by atoms with Gasteiger partial charge in [0.2, 0.25) is 0 Å². The van der Waals surface area contributed by atoms with Gasteiger partial charge in [-0.25, -0.2) is 19.6 Å². The molecular formula is C17H17N5O3. The molecule has 0 aromatic carbocycles. The summed E-state index contributed by atoms with van der Waals surface area (Å²) in [5, 5.41) is 12.0. The Morgan fingerprint density at radius 3 is 2.84 bits per heavy atom. The monoisotopic (exact) mass is 339 g/mol. The minimum atomic E-state index is -1.11. The first-order valence-electron chi connectivity index (χ1n) is 8.05. The first-order chi connectivity index (χ1) is 12.0. The predicted octanol–water partition coefficient (Wildman–Crippen LogP) is 2.11. The van der Waals surface area contributed by atoms with Crippen molar-refractivity contribution < 1.29 is 14.7 Å². The Balaban J connectivity index is 1.69. The van der Waals surface area contributed by atoms with E-state index >= 15 is 0 Å². The summed E-state index contributed by atoms with van der Waals surface area (Å²) >= 11 is 0. The number of urea groups is 1. The molecule has 0 radical (unpaired) electrons. The number of carbonyl (C=O) groups is 2. The van der Waals surface area contributed by atoms with E-state index in [4.69, 9.17) is 0 Å². The van der Waals surface area contributed by atoms with Crippen molar-refractivity contribution in [1.82, 2.24) is 9.97 Å². The first-order valence-corrected chi connectivity index (χ1v) is 8.05. The van der Waals surface area contributed by atoms with Crippen molar-refractivity contribution in [3.63, 3.8) is 0 Å². The van der Waals surface area contributed by atoms with Crippen molar-refractivity contribution in [2.24, 2.45) is 0 Å². The number of fused-ring (bicyclic) bond motifs is 4. The van der Waals surface area contributed by atoms with E-state index in [2.05, 4.69) is 20.2 Å². The summed E-state index contributed by atoms with van der Waals surface area (Å²) in [6.07, 6.45) is 2.49. The van der Waals surface area contributed by atoms with Crippen molar-refractivity contribution >= 4 is 29.3 Å². The van der Waals surface area contributed by atoms with Crippen molar-refractivity contribution in [1.29, 1.82) is 0 Å². The van der Waals surface area contributed by atoms with E-state index in [1.807, 2.05) is 13.0 Å². The van der Waals surface area contributed by atoms with Gasteiger partial charge >= 0.3 is 12.0 Å². The molecule has 2 aliphatic heterocycles. The Hall–Kier alpha value is -3.16. The molecular weight excluding hydrogens is 322 g/mol. The highest BCUT2D eigenvalue weighted by atomic mass is 16.4. The Labute approximate surface area is 144 Å². The number of rotatable bonds is 2. The number of hydrogen-bond acceptors (Lipinski definition) is 5. The molecule has 0 aliphatic carbocycles. The molecule has 1 fully saturated rings. The van der Waals surface area contributed by atoms with Crippen LogP contribution in [0.5, 0.6) is 0 Å². The molecule has 4 heterocycles. The molecule has 2 bridgehead atoms. The van der Waals surface area contributed by atoms with Crippen LogP contribution in [0, 0.1) is 6.92 Å². The van der Waals surface area contributed by atoms with E-state index in [1.54, 1.807) is 23.2 Å². The average Bonchev–Trinajstić information content (AvgIpc) is 3.01. The number of carboxylic acids is 1. The van der Waals surface area contributed by atoms with Gasteiger partial charge in [0.1, 0.15) is 5.82 Å². The van der Waals surface area contributed by atoms with Crippen LogP contribution in [0.3, 0.4) is 0 Å². The predicted molar refractivity (Wildman–Crippen MR) is 92.3 cm³/mol. The molecule has 2 aromatic rings. The maximum Gasteiger partial charge on any atom is 0.354 e. The number of aromatic carboxylic acids is 1. The lowest BCUT2D eigenvalue weighted by molar-refractivity contribution is 0.0690. The molecule has 1 saturated heterocycles. The number of aromatic nitrogens is 2. The molecule has 0 saturated carbocycles. The van der Waals surface area contributed by atoms with E-state index in [0.29, 0.717) is 11.6 Å². The topological polar surface area (TPSA) is 98.7 Å². The largest absolute Gasteiger partial charge is 0.477 e. The highest BCUT2D eigenvalue weighted by Crippen LogP contribution is 2.39. The zero-order valence-electron chi connectivity index (χ0n) is 13.6.